The van der Waals surface area contributed by atoms with Gasteiger partial charge < -0.3 is 9.80 Å². The van der Waals surface area contributed by atoms with E-state index in [-0.39, 0.29) is 30.0 Å². The van der Waals surface area contributed by atoms with Gasteiger partial charge in [-0.2, -0.15) is 0 Å². The van der Waals surface area contributed by atoms with Crippen molar-refractivity contribution in [3.05, 3.63) is 69.9 Å². The molecule has 2 aromatic carbocycles. The molecule has 172 valence electrons. The monoisotopic (exact) mass is 460 g/mol. The molecule has 0 saturated carbocycles. The molecule has 0 bridgehead atoms. The number of fused-ring (bicyclic) bond motifs is 2. The molecule has 2 aliphatic rings. The van der Waals surface area contributed by atoms with Gasteiger partial charge in [-0.05, 0) is 18.2 Å². The molecule has 34 heavy (non-hydrogen) atoms. The number of nitrogens with zero attached hydrogens (tertiary/aromatic N) is 6. The number of amides is 3. The summed E-state index contributed by atoms with van der Waals surface area (Å²) in [6.07, 6.45) is 1.68. The zero-order chi connectivity index (χ0) is 23.8. The van der Waals surface area contributed by atoms with Crippen LogP contribution in [-0.2, 0) is 4.79 Å². The van der Waals surface area contributed by atoms with E-state index in [1.165, 1.54) is 18.2 Å². The molecule has 0 unspecified atom stereocenters. The van der Waals surface area contributed by atoms with E-state index in [0.717, 1.165) is 21.8 Å². The lowest BCUT2D eigenvalue weighted by molar-refractivity contribution is -0.385. The van der Waals surface area contributed by atoms with Crippen LogP contribution >= 0.6 is 0 Å². The first-order chi connectivity index (χ1) is 16.4. The van der Waals surface area contributed by atoms with Crippen LogP contribution in [0.1, 0.15) is 27.1 Å². The molecule has 0 spiro atoms. The van der Waals surface area contributed by atoms with Crippen molar-refractivity contribution in [3.63, 3.8) is 0 Å². The maximum atomic E-state index is 12.8. The minimum atomic E-state index is -0.736. The molecular weight excluding hydrogens is 440 g/mol. The molecule has 1 aromatic heterocycles. The molecule has 3 aromatic rings. The highest BCUT2D eigenvalue weighted by molar-refractivity contribution is 6.23. The first-order valence-electron chi connectivity index (χ1n) is 10.8. The van der Waals surface area contributed by atoms with Gasteiger partial charge in [0.2, 0.25) is 5.91 Å². The summed E-state index contributed by atoms with van der Waals surface area (Å²) < 4.78 is 0. The number of hydrogen-bond acceptors (Lipinski definition) is 8. The van der Waals surface area contributed by atoms with E-state index < -0.39 is 22.4 Å². The fraction of sp³-hybridized carbons (Fsp3) is 0.261. The largest absolute Gasteiger partial charge is 0.352 e. The number of para-hydroxylation sites is 2. The minimum absolute atomic E-state index is 0.00300. The Morgan fingerprint density at radius 2 is 1.71 bits per heavy atom. The van der Waals surface area contributed by atoms with E-state index >= 15 is 0 Å². The molecule has 11 nitrogen and oxygen atoms in total. The predicted octanol–water partition coefficient (Wildman–Crippen LogP) is 1.87. The maximum Gasteiger partial charge on any atom is 0.282 e. The minimum Gasteiger partial charge on any atom is -0.352 e. The summed E-state index contributed by atoms with van der Waals surface area (Å²) in [4.78, 5) is 62.3. The quantitative estimate of drug-likeness (QED) is 0.320. The molecule has 0 N–H and O–H groups in total. The van der Waals surface area contributed by atoms with Gasteiger partial charge in [0.25, 0.3) is 17.5 Å². The number of piperazine rings is 1. The van der Waals surface area contributed by atoms with Crippen molar-refractivity contribution in [1.82, 2.24) is 19.8 Å². The maximum absolute atomic E-state index is 12.8. The fourth-order valence-corrected chi connectivity index (χ4v) is 4.32. The number of imide groups is 1. The first kappa shape index (κ1) is 21.4. The van der Waals surface area contributed by atoms with E-state index in [4.69, 9.17) is 0 Å². The van der Waals surface area contributed by atoms with Crippen molar-refractivity contribution >= 4 is 40.3 Å². The number of anilines is 1. The topological polar surface area (TPSA) is 130 Å². The van der Waals surface area contributed by atoms with Crippen molar-refractivity contribution < 1.29 is 19.3 Å². The van der Waals surface area contributed by atoms with Gasteiger partial charge in [-0.1, -0.05) is 18.2 Å². The average molecular weight is 460 g/mol. The van der Waals surface area contributed by atoms with E-state index in [2.05, 4.69) is 14.9 Å². The summed E-state index contributed by atoms with van der Waals surface area (Å²) in [5, 5.41) is 11.2. The Bertz CT molecular complexity index is 1330. The van der Waals surface area contributed by atoms with Gasteiger partial charge in [0, 0.05) is 45.2 Å². The highest BCUT2D eigenvalue weighted by Gasteiger charge is 2.41. The molecule has 11 heteroatoms. The summed E-state index contributed by atoms with van der Waals surface area (Å²) in [6, 6.07) is 11.6. The molecule has 1 saturated heterocycles. The smallest absolute Gasteiger partial charge is 0.282 e. The van der Waals surface area contributed by atoms with Crippen LogP contribution in [-0.4, -0.2) is 75.1 Å². The van der Waals surface area contributed by atoms with E-state index in [0.29, 0.717) is 26.2 Å². The molecule has 1 fully saturated rings. The van der Waals surface area contributed by atoms with Crippen LogP contribution < -0.4 is 4.90 Å². The van der Waals surface area contributed by atoms with Gasteiger partial charge in [-0.15, -0.1) is 0 Å². The SMILES string of the molecule is O=C(CCN1C(=O)c2cccc([N+](=O)[O-])c2C1=O)N1CCN(c2cnc3ccccc3n2)CC1. The summed E-state index contributed by atoms with van der Waals surface area (Å²) in [7, 11) is 0. The highest BCUT2D eigenvalue weighted by Crippen LogP contribution is 2.30. The normalized spacial score (nSPS) is 15.7. The molecule has 5 rings (SSSR count). The second-order valence-electron chi connectivity index (χ2n) is 8.05. The Kier molecular flexibility index (Phi) is 5.36. The van der Waals surface area contributed by atoms with Crippen LogP contribution in [0.25, 0.3) is 11.0 Å². The second-order valence-corrected chi connectivity index (χ2v) is 8.05. The number of rotatable bonds is 5. The van der Waals surface area contributed by atoms with Gasteiger partial charge in [0.1, 0.15) is 11.4 Å². The van der Waals surface area contributed by atoms with E-state index in [1.54, 1.807) is 11.1 Å². The second kappa shape index (κ2) is 8.50. The van der Waals surface area contributed by atoms with Gasteiger partial charge in [-0.3, -0.25) is 34.4 Å². The third-order valence-corrected chi connectivity index (χ3v) is 6.12. The Morgan fingerprint density at radius 3 is 2.44 bits per heavy atom. The third kappa shape index (κ3) is 3.70. The Labute approximate surface area is 193 Å². The van der Waals surface area contributed by atoms with Crippen LogP contribution in [0.3, 0.4) is 0 Å². The Morgan fingerprint density at radius 1 is 0.971 bits per heavy atom. The highest BCUT2D eigenvalue weighted by atomic mass is 16.6. The summed E-state index contributed by atoms with van der Waals surface area (Å²) in [5.74, 6) is -0.787. The molecule has 3 amide bonds. The zero-order valence-corrected chi connectivity index (χ0v) is 18.1. The molecular formula is C23H20N6O5. The summed E-state index contributed by atoms with van der Waals surface area (Å²) in [5.41, 5.74) is 1.00. The molecule has 0 radical (unpaired) electrons. The number of nitro groups is 1. The average Bonchev–Trinajstić information content (AvgIpc) is 3.11. The lowest BCUT2D eigenvalue weighted by Gasteiger charge is -2.35. The van der Waals surface area contributed by atoms with Crippen molar-refractivity contribution in [3.8, 4) is 0 Å². The lowest BCUT2D eigenvalue weighted by Crippen LogP contribution is -2.49. The summed E-state index contributed by atoms with van der Waals surface area (Å²) in [6.45, 7) is 1.98. The molecule has 0 atom stereocenters. The molecule has 0 aliphatic carbocycles. The first-order valence-corrected chi connectivity index (χ1v) is 10.8. The summed E-state index contributed by atoms with van der Waals surface area (Å²) >= 11 is 0. The number of benzene rings is 2. The van der Waals surface area contributed by atoms with E-state index in [1.807, 2.05) is 24.3 Å². The number of hydrogen-bond donors (Lipinski definition) is 0. The van der Waals surface area contributed by atoms with Gasteiger partial charge in [-0.25, -0.2) is 4.98 Å². The van der Waals surface area contributed by atoms with Crippen LogP contribution in [0.4, 0.5) is 11.5 Å². The Hall–Kier alpha value is -4.41. The van der Waals surface area contributed by atoms with Crippen molar-refractivity contribution in [2.75, 3.05) is 37.6 Å². The third-order valence-electron chi connectivity index (χ3n) is 6.12. The van der Waals surface area contributed by atoms with Crippen molar-refractivity contribution in [1.29, 1.82) is 0 Å². The lowest BCUT2D eigenvalue weighted by atomic mass is 10.1. The van der Waals surface area contributed by atoms with Crippen LogP contribution in [0.15, 0.2) is 48.7 Å². The number of aromatic nitrogens is 2. The number of nitro benzene ring substituents is 1. The van der Waals surface area contributed by atoms with Crippen molar-refractivity contribution in [2.24, 2.45) is 0 Å². The molecule has 3 heterocycles. The van der Waals surface area contributed by atoms with Gasteiger partial charge in [0.15, 0.2) is 0 Å². The fourth-order valence-electron chi connectivity index (χ4n) is 4.32. The van der Waals surface area contributed by atoms with E-state index in [9.17, 15) is 24.5 Å². The van der Waals surface area contributed by atoms with Crippen molar-refractivity contribution in [2.45, 2.75) is 6.42 Å². The van der Waals surface area contributed by atoms with Gasteiger partial charge >= 0.3 is 0 Å². The standard InChI is InChI=1S/C23H20N6O5/c30-20(8-9-28-22(31)15-4-3-7-18(29(33)34)21(15)23(28)32)27-12-10-26(11-13-27)19-14-24-16-5-1-2-6-17(16)25-19/h1-7,14H,8-13H2. The number of carbonyl (C=O) groups excluding carboxylic acids is 3. The van der Waals surface area contributed by atoms with Gasteiger partial charge in [0.05, 0.1) is 27.7 Å². The number of carbonyl (C=O) groups is 3. The zero-order valence-electron chi connectivity index (χ0n) is 18.1. The predicted molar refractivity (Wildman–Crippen MR) is 121 cm³/mol. The van der Waals surface area contributed by atoms with Crippen LogP contribution in [0.5, 0.6) is 0 Å². The molecule has 2 aliphatic heterocycles. The van der Waals surface area contributed by atoms with Crippen LogP contribution in [0.2, 0.25) is 0 Å². The van der Waals surface area contributed by atoms with Crippen LogP contribution in [0, 0.1) is 10.1 Å². The Balaban J connectivity index is 1.19.